The number of amides is 1. The van der Waals surface area contributed by atoms with Gasteiger partial charge in [-0.05, 0) is 127 Å². The first-order valence-electron chi connectivity index (χ1n) is 24.8. The van der Waals surface area contributed by atoms with Gasteiger partial charge in [0.05, 0.1) is 24.4 Å². The quantitative estimate of drug-likeness (QED) is 0.145. The number of allylic oxidation sites excluding steroid dienone is 3. The van der Waals surface area contributed by atoms with Crippen molar-refractivity contribution in [2.24, 2.45) is 36.6 Å². The van der Waals surface area contributed by atoms with Gasteiger partial charge in [0.15, 0.2) is 0 Å². The Morgan fingerprint density at radius 1 is 0.925 bits per heavy atom. The largest absolute Gasteiger partial charge is 0.488 e. The number of hydrogen-bond donors (Lipinski definition) is 2. The van der Waals surface area contributed by atoms with E-state index in [0.717, 1.165) is 28.6 Å². The number of piperidine rings is 1. The van der Waals surface area contributed by atoms with Gasteiger partial charge in [-0.25, -0.2) is 4.79 Å². The molecule has 2 bridgehead atoms. The van der Waals surface area contributed by atoms with Crippen LogP contribution < -0.4 is 4.74 Å². The number of Topliss-reactive ketones (excluding diaryl/α,β-unsaturated/α-hetero) is 2. The zero-order chi connectivity index (χ0) is 48.7. The van der Waals surface area contributed by atoms with Gasteiger partial charge in [-0.1, -0.05) is 45.4 Å². The Kier molecular flexibility index (Phi) is 18.1. The van der Waals surface area contributed by atoms with E-state index in [4.69, 9.17) is 28.4 Å². The lowest BCUT2D eigenvalue weighted by atomic mass is 9.81. The number of methoxy groups -OCH3 is 2. The lowest BCUT2D eigenvalue weighted by Gasteiger charge is -2.47. The second-order valence-corrected chi connectivity index (χ2v) is 20.1. The number of esters is 1. The molecule has 2 saturated heterocycles. The van der Waals surface area contributed by atoms with E-state index in [2.05, 4.69) is 35.8 Å². The van der Waals surface area contributed by atoms with Gasteiger partial charge in [-0.3, -0.25) is 14.4 Å². The maximum absolute atomic E-state index is 14.6. The van der Waals surface area contributed by atoms with E-state index in [1.165, 1.54) is 4.90 Å². The number of fused-ring (bicyclic) bond motifs is 4. The predicted octanol–water partition coefficient (Wildman–Crippen LogP) is 7.44. The molecule has 14 unspecified atom stereocenters. The summed E-state index contributed by atoms with van der Waals surface area (Å²) < 4.78 is 39.5. The molecule has 4 aliphatic rings. The molecule has 6 rings (SSSR count). The monoisotopic (exact) mass is 935 g/mol. The first-order chi connectivity index (χ1) is 31.9. The van der Waals surface area contributed by atoms with Gasteiger partial charge in [0.25, 0.3) is 11.7 Å². The van der Waals surface area contributed by atoms with Crippen LogP contribution in [-0.2, 0) is 49.9 Å². The van der Waals surface area contributed by atoms with Crippen LogP contribution in [0.5, 0.6) is 5.75 Å². The van der Waals surface area contributed by atoms with Crippen LogP contribution in [0.1, 0.15) is 119 Å². The second-order valence-electron chi connectivity index (χ2n) is 20.1. The number of carbonyl (C=O) groups excluding carboxylic acids is 4. The Labute approximate surface area is 397 Å². The number of aliphatic hydroxyl groups excluding tert-OH is 1. The number of cyclic esters (lactones) is 1. The molecule has 1 amide bonds. The zero-order valence-corrected chi connectivity index (χ0v) is 41.6. The van der Waals surface area contributed by atoms with E-state index in [-0.39, 0.29) is 55.6 Å². The molecule has 67 heavy (non-hydrogen) atoms. The molecule has 14 nitrogen and oxygen atoms in total. The zero-order valence-electron chi connectivity index (χ0n) is 41.6. The third kappa shape index (κ3) is 12.1. The van der Waals surface area contributed by atoms with Crippen molar-refractivity contribution in [2.45, 2.75) is 174 Å². The Balaban J connectivity index is 1.31. The van der Waals surface area contributed by atoms with E-state index in [0.29, 0.717) is 57.1 Å². The summed E-state index contributed by atoms with van der Waals surface area (Å²) in [6, 6.07) is 7.03. The highest BCUT2D eigenvalue weighted by Gasteiger charge is 2.56. The van der Waals surface area contributed by atoms with Crippen molar-refractivity contribution in [2.75, 3.05) is 27.4 Å². The standard InChI is InChI=1S/C53H78N2O12/c1-11-37-24-31(3)23-32(4)25-46(62-9)49-47(63-10)27-34(6)53(61,67-49)50(58)51(59)55-21-14-13-15-41(55)52(60)66-48(35(7)42(56)30-43(37)57)33(5)26-36-16-19-44(45(28-36)64-12-2)65-39-17-18-40-38(29-39)20-22-54(40)8/h17-18,20,22,24,26,29,32,34-37,41-42,44-49,56,61H,11-16,19,21,23,25,27-28,30H2,1-10H3. The normalized spacial score (nSPS) is 35.9. The molecule has 0 spiro atoms. The maximum Gasteiger partial charge on any atom is 0.329 e. The molecule has 2 aromatic rings. The summed E-state index contributed by atoms with van der Waals surface area (Å²) in [6.45, 7) is 13.9. The fraction of sp³-hybridized carbons (Fsp3) is 0.698. The molecule has 2 N–H and O–H groups in total. The third-order valence-corrected chi connectivity index (χ3v) is 15.1. The van der Waals surface area contributed by atoms with Crippen LogP contribution in [-0.4, -0.2) is 125 Å². The van der Waals surface area contributed by atoms with Crippen LogP contribution in [0.15, 0.2) is 53.8 Å². The Morgan fingerprint density at radius 2 is 1.66 bits per heavy atom. The number of carbonyl (C=O) groups is 4. The van der Waals surface area contributed by atoms with Gasteiger partial charge in [-0.2, -0.15) is 0 Å². The molecule has 14 atom stereocenters. The first-order valence-corrected chi connectivity index (χ1v) is 24.8. The minimum absolute atomic E-state index is 0.0191. The van der Waals surface area contributed by atoms with Gasteiger partial charge >= 0.3 is 5.97 Å². The average molecular weight is 935 g/mol. The number of ether oxygens (including phenoxy) is 6. The molecule has 3 fully saturated rings. The van der Waals surface area contributed by atoms with Crippen molar-refractivity contribution >= 4 is 34.3 Å². The number of benzene rings is 1. The Bertz CT molecular complexity index is 2100. The molecule has 4 heterocycles. The maximum atomic E-state index is 14.6. The number of nitrogens with zero attached hydrogens (tertiary/aromatic N) is 2. The van der Waals surface area contributed by atoms with Gasteiger partial charge in [0.2, 0.25) is 5.79 Å². The minimum Gasteiger partial charge on any atom is -0.488 e. The fourth-order valence-corrected chi connectivity index (χ4v) is 11.2. The molecule has 1 aromatic carbocycles. The highest BCUT2D eigenvalue weighted by atomic mass is 16.7. The number of aliphatic hydroxyl groups is 2. The summed E-state index contributed by atoms with van der Waals surface area (Å²) in [5.41, 5.74) is 2.82. The predicted molar refractivity (Wildman–Crippen MR) is 254 cm³/mol. The summed E-state index contributed by atoms with van der Waals surface area (Å²) in [7, 11) is 5.10. The SMILES string of the molecule is CCOC1CC(C=C(C)C2OC(=O)C3CCCCN3C(=O)C(=O)C3(O)OC(C(OC)CC(C)CC(C)=CC(CC)C(=O)CC(O)C2C)C(OC)CC3C)CCC1Oc1ccc2c(ccn2C)c1. The highest BCUT2D eigenvalue weighted by Crippen LogP contribution is 2.40. The van der Waals surface area contributed by atoms with E-state index < -0.39 is 77.8 Å². The van der Waals surface area contributed by atoms with Crippen LogP contribution in [0, 0.1) is 29.6 Å². The average Bonchev–Trinajstić information content (AvgIpc) is 3.68. The lowest BCUT2D eigenvalue weighted by molar-refractivity contribution is -0.302. The Morgan fingerprint density at radius 3 is 2.36 bits per heavy atom. The fourth-order valence-electron chi connectivity index (χ4n) is 11.2. The molecular formula is C53H78N2O12. The van der Waals surface area contributed by atoms with Crippen molar-refractivity contribution in [1.82, 2.24) is 9.47 Å². The van der Waals surface area contributed by atoms with Gasteiger partial charge in [0.1, 0.15) is 35.9 Å². The number of rotatable bonds is 9. The number of hydrogen-bond acceptors (Lipinski definition) is 12. The Hall–Kier alpha value is -3.92. The molecule has 3 aliphatic heterocycles. The summed E-state index contributed by atoms with van der Waals surface area (Å²) in [4.78, 5) is 58.6. The number of aryl methyl sites for hydroxylation is 1. The van der Waals surface area contributed by atoms with Crippen LogP contribution in [0.2, 0.25) is 0 Å². The first kappa shape index (κ1) is 52.5. The second kappa shape index (κ2) is 23.1. The highest BCUT2D eigenvalue weighted by molar-refractivity contribution is 6.39. The summed E-state index contributed by atoms with van der Waals surface area (Å²) in [6.07, 6.45) is 6.74. The van der Waals surface area contributed by atoms with E-state index in [1.54, 1.807) is 28.1 Å². The smallest absolute Gasteiger partial charge is 0.329 e. The summed E-state index contributed by atoms with van der Waals surface area (Å²) in [5.74, 6) is -6.69. The van der Waals surface area contributed by atoms with E-state index in [9.17, 15) is 29.4 Å². The topological polar surface area (TPSA) is 172 Å². The third-order valence-electron chi connectivity index (χ3n) is 15.1. The lowest BCUT2D eigenvalue weighted by Crippen LogP contribution is -2.64. The number of aromatic nitrogens is 1. The van der Waals surface area contributed by atoms with Crippen LogP contribution >= 0.6 is 0 Å². The summed E-state index contributed by atoms with van der Waals surface area (Å²) in [5, 5.41) is 25.1. The molecular weight excluding hydrogens is 857 g/mol. The molecule has 14 heteroatoms. The van der Waals surface area contributed by atoms with Crippen molar-refractivity contribution in [3.8, 4) is 5.75 Å². The molecule has 1 saturated carbocycles. The number of ketones is 2. The van der Waals surface area contributed by atoms with E-state index in [1.807, 2.05) is 53.1 Å². The minimum atomic E-state index is -2.51. The molecule has 1 aliphatic carbocycles. The molecule has 372 valence electrons. The van der Waals surface area contributed by atoms with Crippen molar-refractivity contribution in [3.05, 3.63) is 53.8 Å². The van der Waals surface area contributed by atoms with Crippen LogP contribution in [0.4, 0.5) is 0 Å². The molecule has 0 radical (unpaired) electrons. The van der Waals surface area contributed by atoms with Crippen molar-refractivity contribution in [3.63, 3.8) is 0 Å². The van der Waals surface area contributed by atoms with Gasteiger partial charge in [-0.15, -0.1) is 0 Å². The van der Waals surface area contributed by atoms with Gasteiger partial charge in [0, 0.05) is 75.7 Å². The summed E-state index contributed by atoms with van der Waals surface area (Å²) >= 11 is 0. The van der Waals surface area contributed by atoms with Crippen molar-refractivity contribution < 1.29 is 57.8 Å². The van der Waals surface area contributed by atoms with Crippen LogP contribution in [0.3, 0.4) is 0 Å². The van der Waals surface area contributed by atoms with Gasteiger partial charge < -0.3 is 48.1 Å². The van der Waals surface area contributed by atoms with Crippen LogP contribution in [0.25, 0.3) is 10.9 Å². The van der Waals surface area contributed by atoms with Crippen molar-refractivity contribution in [1.29, 1.82) is 0 Å². The molecule has 1 aromatic heterocycles. The van der Waals surface area contributed by atoms with E-state index >= 15 is 0 Å².